The van der Waals surface area contributed by atoms with Crippen LogP contribution in [-0.4, -0.2) is 9.97 Å². The van der Waals surface area contributed by atoms with Crippen LogP contribution >= 0.6 is 0 Å². The zero-order valence-electron chi connectivity index (χ0n) is 8.02. The normalized spacial score (nSPS) is 22.8. The van der Waals surface area contributed by atoms with Crippen LogP contribution in [0.3, 0.4) is 0 Å². The van der Waals surface area contributed by atoms with Crippen molar-refractivity contribution < 1.29 is 0 Å². The highest BCUT2D eigenvalue weighted by Crippen LogP contribution is 2.42. The van der Waals surface area contributed by atoms with Crippen LogP contribution in [-0.2, 0) is 6.42 Å². The third-order valence-electron chi connectivity index (χ3n) is 2.82. The maximum atomic E-state index is 4.30. The number of aromatic nitrogens is 2. The van der Waals surface area contributed by atoms with Crippen LogP contribution in [0.1, 0.15) is 44.5 Å². The summed E-state index contributed by atoms with van der Waals surface area (Å²) in [5, 5.41) is 0. The van der Waals surface area contributed by atoms with Gasteiger partial charge < -0.3 is 4.98 Å². The lowest BCUT2D eigenvalue weighted by molar-refractivity contribution is 0.314. The van der Waals surface area contributed by atoms with E-state index in [1.54, 1.807) is 0 Å². The number of fused-ring (bicyclic) bond motifs is 1. The van der Waals surface area contributed by atoms with Gasteiger partial charge in [-0.2, -0.15) is 0 Å². The number of aromatic amines is 1. The van der Waals surface area contributed by atoms with Gasteiger partial charge in [0.1, 0.15) is 0 Å². The number of rotatable bonds is 0. The van der Waals surface area contributed by atoms with E-state index in [1.165, 1.54) is 17.8 Å². The third-order valence-corrected chi connectivity index (χ3v) is 2.82. The molecule has 12 heavy (non-hydrogen) atoms. The van der Waals surface area contributed by atoms with E-state index in [-0.39, 0.29) is 0 Å². The number of aryl methyl sites for hydroxylation is 1. The predicted molar refractivity (Wildman–Crippen MR) is 49.1 cm³/mol. The SMILES string of the molecule is CC(C)(C)[C@@H]1CCc2nc[nH]c21. The molecule has 1 N–H and O–H groups in total. The van der Waals surface area contributed by atoms with Crippen LogP contribution in [0.5, 0.6) is 0 Å². The van der Waals surface area contributed by atoms with E-state index in [9.17, 15) is 0 Å². The highest BCUT2D eigenvalue weighted by molar-refractivity contribution is 5.24. The van der Waals surface area contributed by atoms with Gasteiger partial charge in [-0.3, -0.25) is 0 Å². The van der Waals surface area contributed by atoms with E-state index in [0.29, 0.717) is 11.3 Å². The summed E-state index contributed by atoms with van der Waals surface area (Å²) in [5.41, 5.74) is 3.04. The smallest absolute Gasteiger partial charge is 0.0925 e. The van der Waals surface area contributed by atoms with Crippen molar-refractivity contribution in [3.05, 3.63) is 17.7 Å². The van der Waals surface area contributed by atoms with Crippen LogP contribution in [0.25, 0.3) is 0 Å². The Hall–Kier alpha value is -0.790. The van der Waals surface area contributed by atoms with Crippen LogP contribution in [0, 0.1) is 5.41 Å². The average Bonchev–Trinajstić information content (AvgIpc) is 2.37. The fourth-order valence-corrected chi connectivity index (χ4v) is 2.12. The van der Waals surface area contributed by atoms with Crippen LogP contribution < -0.4 is 0 Å². The van der Waals surface area contributed by atoms with Gasteiger partial charge in [-0.05, 0) is 18.3 Å². The molecule has 1 aliphatic rings. The minimum Gasteiger partial charge on any atom is -0.348 e. The molecule has 1 aromatic rings. The van der Waals surface area contributed by atoms with Gasteiger partial charge in [0.15, 0.2) is 0 Å². The van der Waals surface area contributed by atoms with Crippen LogP contribution in [0.15, 0.2) is 6.33 Å². The molecule has 0 amide bonds. The van der Waals surface area contributed by atoms with E-state index >= 15 is 0 Å². The largest absolute Gasteiger partial charge is 0.348 e. The molecule has 0 aromatic carbocycles. The Balaban J connectivity index is 2.34. The summed E-state index contributed by atoms with van der Waals surface area (Å²) >= 11 is 0. The van der Waals surface area contributed by atoms with Crippen molar-refractivity contribution in [3.8, 4) is 0 Å². The molecule has 0 unspecified atom stereocenters. The molecular weight excluding hydrogens is 148 g/mol. The molecule has 66 valence electrons. The molecule has 0 bridgehead atoms. The zero-order chi connectivity index (χ0) is 8.77. The molecule has 2 rings (SSSR count). The second kappa shape index (κ2) is 2.35. The van der Waals surface area contributed by atoms with Gasteiger partial charge in [0.2, 0.25) is 0 Å². The summed E-state index contributed by atoms with van der Waals surface area (Å²) in [7, 11) is 0. The molecule has 1 aromatic heterocycles. The van der Waals surface area contributed by atoms with Gasteiger partial charge in [-0.1, -0.05) is 20.8 Å². The number of nitrogens with one attached hydrogen (secondary N) is 1. The molecule has 0 radical (unpaired) electrons. The lowest BCUT2D eigenvalue weighted by Gasteiger charge is -2.26. The summed E-state index contributed by atoms with van der Waals surface area (Å²) < 4.78 is 0. The van der Waals surface area contributed by atoms with Crippen molar-refractivity contribution in [3.63, 3.8) is 0 Å². The first-order chi connectivity index (χ1) is 5.59. The first-order valence-electron chi connectivity index (χ1n) is 4.61. The van der Waals surface area contributed by atoms with Crippen molar-refractivity contribution >= 4 is 0 Å². The minimum absolute atomic E-state index is 0.373. The van der Waals surface area contributed by atoms with Crippen molar-refractivity contribution in [1.82, 2.24) is 9.97 Å². The van der Waals surface area contributed by atoms with Crippen LogP contribution in [0.2, 0.25) is 0 Å². The molecule has 2 heteroatoms. The maximum absolute atomic E-state index is 4.30. The highest BCUT2D eigenvalue weighted by atomic mass is 14.9. The molecule has 1 aliphatic carbocycles. The number of imidazole rings is 1. The zero-order valence-corrected chi connectivity index (χ0v) is 8.02. The van der Waals surface area contributed by atoms with Gasteiger partial charge in [-0.25, -0.2) is 4.98 Å². The van der Waals surface area contributed by atoms with Crippen LogP contribution in [0.4, 0.5) is 0 Å². The lowest BCUT2D eigenvalue weighted by Crippen LogP contribution is -2.16. The molecule has 0 aliphatic heterocycles. The number of H-pyrrole nitrogens is 1. The number of hydrogen-bond donors (Lipinski definition) is 1. The second-order valence-electron chi connectivity index (χ2n) is 4.72. The van der Waals surface area contributed by atoms with Gasteiger partial charge in [0.25, 0.3) is 0 Å². The van der Waals surface area contributed by atoms with E-state index in [2.05, 4.69) is 30.7 Å². The van der Waals surface area contributed by atoms with E-state index in [4.69, 9.17) is 0 Å². The van der Waals surface area contributed by atoms with Gasteiger partial charge in [0, 0.05) is 11.6 Å². The van der Waals surface area contributed by atoms with E-state index in [1.807, 2.05) is 6.33 Å². The molecule has 0 saturated heterocycles. The molecule has 0 fully saturated rings. The first kappa shape index (κ1) is 7.84. The Morgan fingerprint density at radius 3 is 2.92 bits per heavy atom. The first-order valence-corrected chi connectivity index (χ1v) is 4.61. The van der Waals surface area contributed by atoms with Crippen molar-refractivity contribution in [2.24, 2.45) is 5.41 Å². The van der Waals surface area contributed by atoms with Crippen molar-refractivity contribution in [2.75, 3.05) is 0 Å². The summed E-state index contributed by atoms with van der Waals surface area (Å²) in [6.07, 6.45) is 4.24. The molecule has 1 heterocycles. The fourth-order valence-electron chi connectivity index (χ4n) is 2.12. The average molecular weight is 164 g/mol. The Labute approximate surface area is 73.4 Å². The van der Waals surface area contributed by atoms with Gasteiger partial charge >= 0.3 is 0 Å². The Bertz CT molecular complexity index is 280. The van der Waals surface area contributed by atoms with E-state index in [0.717, 1.165) is 6.42 Å². The Morgan fingerprint density at radius 2 is 2.25 bits per heavy atom. The monoisotopic (exact) mass is 164 g/mol. The van der Waals surface area contributed by atoms with Gasteiger partial charge in [0.05, 0.1) is 12.0 Å². The molecule has 0 spiro atoms. The summed E-state index contributed by atoms with van der Waals surface area (Å²) in [4.78, 5) is 7.57. The van der Waals surface area contributed by atoms with E-state index < -0.39 is 0 Å². The quantitative estimate of drug-likeness (QED) is 0.627. The number of nitrogens with zero attached hydrogens (tertiary/aromatic N) is 1. The standard InChI is InChI=1S/C10H16N2/c1-10(2,3)7-4-5-8-9(7)12-6-11-8/h6-7H,4-5H2,1-3H3,(H,11,12)/t7-/m1/s1. The molecule has 1 atom stereocenters. The number of hydrogen-bond acceptors (Lipinski definition) is 1. The molecular formula is C10H16N2. The summed E-state index contributed by atoms with van der Waals surface area (Å²) in [6.45, 7) is 6.90. The summed E-state index contributed by atoms with van der Waals surface area (Å²) in [5.74, 6) is 0.676. The second-order valence-corrected chi connectivity index (χ2v) is 4.72. The van der Waals surface area contributed by atoms with Crippen molar-refractivity contribution in [1.29, 1.82) is 0 Å². The predicted octanol–water partition coefficient (Wildman–Crippen LogP) is 2.49. The fraction of sp³-hybridized carbons (Fsp3) is 0.700. The lowest BCUT2D eigenvalue weighted by atomic mass is 9.79. The third kappa shape index (κ3) is 1.06. The molecule has 0 saturated carbocycles. The minimum atomic E-state index is 0.373. The van der Waals surface area contributed by atoms with Crippen molar-refractivity contribution in [2.45, 2.75) is 39.5 Å². The Kier molecular flexibility index (Phi) is 1.53. The Morgan fingerprint density at radius 1 is 1.50 bits per heavy atom. The summed E-state index contributed by atoms with van der Waals surface area (Å²) in [6, 6.07) is 0. The maximum Gasteiger partial charge on any atom is 0.0925 e. The van der Waals surface area contributed by atoms with Gasteiger partial charge in [-0.15, -0.1) is 0 Å². The molecule has 2 nitrogen and oxygen atoms in total. The highest BCUT2D eigenvalue weighted by Gasteiger charge is 2.33. The topological polar surface area (TPSA) is 28.7 Å².